The maximum Gasteiger partial charge on any atom is 0.314 e. The summed E-state index contributed by atoms with van der Waals surface area (Å²) in [5, 5.41) is 11.6. The van der Waals surface area contributed by atoms with Crippen molar-refractivity contribution in [2.45, 2.75) is 26.2 Å². The zero-order valence-electron chi connectivity index (χ0n) is 8.69. The minimum absolute atomic E-state index is 0.357. The fourth-order valence-corrected chi connectivity index (χ4v) is 1.18. The molecule has 0 aromatic carbocycles. The number of ether oxygens (including phenoxy) is 1. The maximum atomic E-state index is 11.3. The quantitative estimate of drug-likeness (QED) is 0.178. The number of rotatable bonds is 6. The van der Waals surface area contributed by atoms with Gasteiger partial charge in [0.25, 0.3) is 0 Å². The molecular weight excluding hydrogens is 182 g/mol. The van der Waals surface area contributed by atoms with Crippen molar-refractivity contribution in [3.05, 3.63) is 12.7 Å². The zero-order valence-corrected chi connectivity index (χ0v) is 8.69. The van der Waals surface area contributed by atoms with Crippen molar-refractivity contribution in [1.29, 1.82) is 0 Å². The van der Waals surface area contributed by atoms with Crippen LogP contribution in [-0.2, 0) is 9.53 Å². The van der Waals surface area contributed by atoms with Crippen molar-refractivity contribution >= 4 is 11.7 Å². The number of nitrogens with zero attached hydrogens (tertiary/aromatic N) is 1. The highest BCUT2D eigenvalue weighted by Gasteiger charge is 2.21. The van der Waals surface area contributed by atoms with Crippen molar-refractivity contribution in [2.24, 2.45) is 11.1 Å². The van der Waals surface area contributed by atoms with Crippen LogP contribution in [0.2, 0.25) is 0 Å². The Hall–Kier alpha value is -1.32. The second-order valence-corrected chi connectivity index (χ2v) is 3.04. The number of hydrogen-bond donors (Lipinski definition) is 1. The summed E-state index contributed by atoms with van der Waals surface area (Å²) in [7, 11) is 1.33. The Balaban J connectivity index is 4.25. The second-order valence-electron chi connectivity index (χ2n) is 3.04. The average Bonchev–Trinajstić information content (AvgIpc) is 2.22. The Morgan fingerprint density at radius 1 is 1.71 bits per heavy atom. The van der Waals surface area contributed by atoms with E-state index in [0.717, 1.165) is 12.8 Å². The van der Waals surface area contributed by atoms with Gasteiger partial charge in [-0.15, -0.1) is 6.58 Å². The molecule has 0 saturated heterocycles. The first-order valence-corrected chi connectivity index (χ1v) is 4.54. The van der Waals surface area contributed by atoms with Crippen molar-refractivity contribution in [1.82, 2.24) is 0 Å². The predicted octanol–water partition coefficient (Wildman–Crippen LogP) is 1.98. The summed E-state index contributed by atoms with van der Waals surface area (Å²) < 4.78 is 4.61. The van der Waals surface area contributed by atoms with Gasteiger partial charge in [0.1, 0.15) is 0 Å². The van der Waals surface area contributed by atoms with Crippen LogP contribution in [0.3, 0.4) is 0 Å². The molecule has 1 atom stereocenters. The Kier molecular flexibility index (Phi) is 6.45. The van der Waals surface area contributed by atoms with Crippen LogP contribution >= 0.6 is 0 Å². The highest BCUT2D eigenvalue weighted by Crippen LogP contribution is 2.12. The minimum Gasteiger partial charge on any atom is -0.469 e. The van der Waals surface area contributed by atoms with E-state index in [1.54, 1.807) is 13.0 Å². The van der Waals surface area contributed by atoms with E-state index >= 15 is 0 Å². The molecule has 0 fully saturated rings. The number of esters is 1. The van der Waals surface area contributed by atoms with Gasteiger partial charge in [-0.25, -0.2) is 0 Å². The lowest BCUT2D eigenvalue weighted by Crippen LogP contribution is -2.23. The van der Waals surface area contributed by atoms with Gasteiger partial charge in [0.15, 0.2) is 0 Å². The molecule has 0 aliphatic rings. The lowest BCUT2D eigenvalue weighted by atomic mass is 9.97. The number of unbranched alkanes of at least 4 members (excludes halogenated alkanes) is 1. The molecule has 4 heteroatoms. The average molecular weight is 199 g/mol. The fraction of sp³-hybridized carbons (Fsp3) is 0.600. The third-order valence-electron chi connectivity index (χ3n) is 2.05. The van der Waals surface area contributed by atoms with E-state index in [2.05, 4.69) is 16.5 Å². The molecule has 0 saturated carbocycles. The lowest BCUT2D eigenvalue weighted by molar-refractivity contribution is -0.143. The normalized spacial score (nSPS) is 13.4. The van der Waals surface area contributed by atoms with Gasteiger partial charge >= 0.3 is 5.97 Å². The topological polar surface area (TPSA) is 58.9 Å². The molecule has 0 radical (unpaired) electrons. The van der Waals surface area contributed by atoms with E-state index in [4.69, 9.17) is 5.21 Å². The van der Waals surface area contributed by atoms with Crippen LogP contribution < -0.4 is 0 Å². The number of methoxy groups -OCH3 is 1. The molecule has 0 bridgehead atoms. The van der Waals surface area contributed by atoms with Crippen molar-refractivity contribution in [3.8, 4) is 0 Å². The minimum atomic E-state index is -0.440. The number of hydrogen-bond acceptors (Lipinski definition) is 4. The van der Waals surface area contributed by atoms with Crippen LogP contribution in [0.25, 0.3) is 0 Å². The molecule has 0 rings (SSSR count). The highest BCUT2D eigenvalue weighted by atomic mass is 16.5. The van der Waals surface area contributed by atoms with E-state index in [9.17, 15) is 4.79 Å². The summed E-state index contributed by atoms with van der Waals surface area (Å²) in [6.07, 6.45) is 4.08. The number of oxime groups is 1. The third kappa shape index (κ3) is 4.07. The van der Waals surface area contributed by atoms with Gasteiger partial charge in [-0.3, -0.25) is 4.79 Å². The first-order chi connectivity index (χ1) is 6.67. The van der Waals surface area contributed by atoms with E-state index in [1.807, 2.05) is 0 Å². The van der Waals surface area contributed by atoms with Gasteiger partial charge in [0.05, 0.1) is 18.7 Å². The van der Waals surface area contributed by atoms with Crippen molar-refractivity contribution in [2.75, 3.05) is 7.11 Å². The van der Waals surface area contributed by atoms with Crippen molar-refractivity contribution < 1.29 is 14.7 Å². The van der Waals surface area contributed by atoms with Crippen molar-refractivity contribution in [3.63, 3.8) is 0 Å². The molecule has 1 unspecified atom stereocenters. The Bertz CT molecular complexity index is 223. The molecule has 0 aliphatic heterocycles. The second kappa shape index (κ2) is 7.12. The molecule has 0 spiro atoms. The zero-order chi connectivity index (χ0) is 11.0. The summed E-state index contributed by atoms with van der Waals surface area (Å²) in [4.78, 5) is 11.3. The molecule has 1 N–H and O–H groups in total. The number of carbonyl (C=O) groups is 1. The summed E-state index contributed by atoms with van der Waals surface area (Å²) in [5.74, 6) is -0.797. The van der Waals surface area contributed by atoms with Gasteiger partial charge in [-0.2, -0.15) is 0 Å². The molecule has 0 aliphatic carbocycles. The molecule has 14 heavy (non-hydrogen) atoms. The van der Waals surface area contributed by atoms with Gasteiger partial charge < -0.3 is 9.94 Å². The molecule has 0 aromatic heterocycles. The summed E-state index contributed by atoms with van der Waals surface area (Å²) >= 11 is 0. The SMILES string of the molecule is C=CCCCC(C(=O)OC)/C(C)=N/O. The van der Waals surface area contributed by atoms with Crippen LogP contribution in [0.1, 0.15) is 26.2 Å². The fourth-order valence-electron chi connectivity index (χ4n) is 1.18. The molecule has 80 valence electrons. The van der Waals surface area contributed by atoms with E-state index in [-0.39, 0.29) is 5.97 Å². The summed E-state index contributed by atoms with van der Waals surface area (Å²) in [5.41, 5.74) is 0.390. The monoisotopic (exact) mass is 199 g/mol. The van der Waals surface area contributed by atoms with Crippen LogP contribution in [0.5, 0.6) is 0 Å². The van der Waals surface area contributed by atoms with Crippen LogP contribution in [-0.4, -0.2) is 24.0 Å². The summed E-state index contributed by atoms with van der Waals surface area (Å²) in [6.45, 7) is 5.20. The smallest absolute Gasteiger partial charge is 0.314 e. The Morgan fingerprint density at radius 2 is 2.36 bits per heavy atom. The van der Waals surface area contributed by atoms with E-state index < -0.39 is 5.92 Å². The van der Waals surface area contributed by atoms with Crippen LogP contribution in [0, 0.1) is 5.92 Å². The summed E-state index contributed by atoms with van der Waals surface area (Å²) in [6, 6.07) is 0. The predicted molar refractivity (Wildman–Crippen MR) is 54.4 cm³/mol. The van der Waals surface area contributed by atoms with Gasteiger partial charge in [0, 0.05) is 0 Å². The first kappa shape index (κ1) is 12.7. The standard InChI is InChI=1S/C10H17NO3/c1-4-5-6-7-9(8(2)11-13)10(12)14-3/h4,9,13H,1,5-7H2,2-3H3/b11-8+. The van der Waals surface area contributed by atoms with Gasteiger partial charge in [-0.05, 0) is 26.2 Å². The van der Waals surface area contributed by atoms with Crippen LogP contribution in [0.15, 0.2) is 17.8 Å². The highest BCUT2D eigenvalue weighted by molar-refractivity contribution is 6.00. The third-order valence-corrected chi connectivity index (χ3v) is 2.05. The van der Waals surface area contributed by atoms with E-state index in [1.165, 1.54) is 7.11 Å². The first-order valence-electron chi connectivity index (χ1n) is 4.54. The Morgan fingerprint density at radius 3 is 2.79 bits per heavy atom. The van der Waals surface area contributed by atoms with E-state index in [0.29, 0.717) is 12.1 Å². The number of allylic oxidation sites excluding steroid dienone is 1. The Labute approximate surface area is 84.3 Å². The lowest BCUT2D eigenvalue weighted by Gasteiger charge is -2.12. The van der Waals surface area contributed by atoms with Crippen LogP contribution in [0.4, 0.5) is 0 Å². The molecule has 0 amide bonds. The number of carbonyl (C=O) groups excluding carboxylic acids is 1. The molecule has 4 nitrogen and oxygen atoms in total. The molecular formula is C10H17NO3. The van der Waals surface area contributed by atoms with Gasteiger partial charge in [0.2, 0.25) is 0 Å². The largest absolute Gasteiger partial charge is 0.469 e. The maximum absolute atomic E-state index is 11.3. The van der Waals surface area contributed by atoms with Gasteiger partial charge in [-0.1, -0.05) is 11.2 Å². The molecule has 0 heterocycles. The molecule has 0 aromatic rings.